The molecule has 0 amide bonds. The molecule has 0 radical (unpaired) electrons. The average Bonchev–Trinajstić information content (AvgIpc) is 2.33. The predicted octanol–water partition coefficient (Wildman–Crippen LogP) is 3.11. The molecule has 4 heteroatoms. The van der Waals surface area contributed by atoms with Crippen LogP contribution in [0, 0.1) is 25.2 Å². The van der Waals surface area contributed by atoms with E-state index in [1.54, 1.807) is 11.3 Å². The molecule has 0 saturated heterocycles. The maximum absolute atomic E-state index is 8.47. The van der Waals surface area contributed by atoms with Crippen LogP contribution in [-0.4, -0.2) is 4.98 Å². The topological polar surface area (TPSA) is 36.7 Å². The van der Waals surface area contributed by atoms with Crippen LogP contribution in [0.5, 0.6) is 0 Å². The molecule has 1 unspecified atom stereocenters. The molecule has 1 atom stereocenters. The minimum absolute atomic E-state index is 0.0971. The highest BCUT2D eigenvalue weighted by molar-refractivity contribution is 9.09. The second-order valence-corrected chi connectivity index (χ2v) is 4.86. The molecular weight excluding hydrogens is 236 g/mol. The molecule has 64 valence electrons. The zero-order chi connectivity index (χ0) is 9.14. The van der Waals surface area contributed by atoms with Crippen molar-refractivity contribution in [1.29, 1.82) is 5.26 Å². The molecule has 0 aliphatic carbocycles. The smallest absolute Gasteiger partial charge is 0.108 e. The Labute approximate surface area is 84.4 Å². The minimum Gasteiger partial charge on any atom is -0.245 e. The fourth-order valence-corrected chi connectivity index (χ4v) is 2.23. The number of thiazole rings is 1. The number of hydrogen-bond donors (Lipinski definition) is 0. The standard InChI is InChI=1S/C8H9BrN2S/c1-5-6(2)12-8(11-5)7(9)3-4-10/h7H,3H2,1-2H3. The van der Waals surface area contributed by atoms with E-state index in [4.69, 9.17) is 5.26 Å². The maximum Gasteiger partial charge on any atom is 0.108 e. The summed E-state index contributed by atoms with van der Waals surface area (Å²) in [5.74, 6) is 0. The van der Waals surface area contributed by atoms with Crippen LogP contribution in [0.1, 0.15) is 26.8 Å². The third-order valence-corrected chi connectivity index (χ3v) is 3.83. The Morgan fingerprint density at radius 1 is 1.67 bits per heavy atom. The zero-order valence-corrected chi connectivity index (χ0v) is 9.37. The summed E-state index contributed by atoms with van der Waals surface area (Å²) >= 11 is 5.07. The van der Waals surface area contributed by atoms with Crippen LogP contribution in [0.15, 0.2) is 0 Å². The number of rotatable bonds is 2. The Balaban J connectivity index is 2.83. The van der Waals surface area contributed by atoms with Gasteiger partial charge in [-0.25, -0.2) is 4.98 Å². The summed E-state index contributed by atoms with van der Waals surface area (Å²) in [6, 6.07) is 2.11. The quantitative estimate of drug-likeness (QED) is 0.750. The van der Waals surface area contributed by atoms with Crippen molar-refractivity contribution in [3.63, 3.8) is 0 Å². The largest absolute Gasteiger partial charge is 0.245 e. The van der Waals surface area contributed by atoms with Gasteiger partial charge in [-0.3, -0.25) is 0 Å². The van der Waals surface area contributed by atoms with Crippen molar-refractivity contribution in [3.05, 3.63) is 15.6 Å². The molecule has 0 saturated carbocycles. The van der Waals surface area contributed by atoms with E-state index in [-0.39, 0.29) is 4.83 Å². The number of nitrogens with zero attached hydrogens (tertiary/aromatic N) is 2. The van der Waals surface area contributed by atoms with Gasteiger partial charge in [0.1, 0.15) is 5.01 Å². The van der Waals surface area contributed by atoms with Crippen molar-refractivity contribution in [2.24, 2.45) is 0 Å². The highest BCUT2D eigenvalue weighted by Gasteiger charge is 2.12. The van der Waals surface area contributed by atoms with E-state index in [9.17, 15) is 0 Å². The number of halogens is 1. The number of aromatic nitrogens is 1. The SMILES string of the molecule is Cc1nc(C(Br)CC#N)sc1C. The van der Waals surface area contributed by atoms with E-state index < -0.39 is 0 Å². The van der Waals surface area contributed by atoms with Crippen LogP contribution in [-0.2, 0) is 0 Å². The molecule has 0 fully saturated rings. The molecule has 1 heterocycles. The van der Waals surface area contributed by atoms with E-state index in [0.717, 1.165) is 10.7 Å². The van der Waals surface area contributed by atoms with Gasteiger partial charge in [-0.15, -0.1) is 11.3 Å². The summed E-state index contributed by atoms with van der Waals surface area (Å²) in [5.41, 5.74) is 1.07. The van der Waals surface area contributed by atoms with E-state index >= 15 is 0 Å². The van der Waals surface area contributed by atoms with Gasteiger partial charge in [-0.2, -0.15) is 5.26 Å². The lowest BCUT2D eigenvalue weighted by molar-refractivity contribution is 0.966. The van der Waals surface area contributed by atoms with Crippen LogP contribution in [0.3, 0.4) is 0 Å². The van der Waals surface area contributed by atoms with Crippen molar-refractivity contribution >= 4 is 27.3 Å². The van der Waals surface area contributed by atoms with E-state index in [2.05, 4.69) is 27.0 Å². The lowest BCUT2D eigenvalue weighted by Gasteiger charge is -1.97. The normalized spacial score (nSPS) is 12.5. The number of nitriles is 1. The first kappa shape index (κ1) is 9.69. The van der Waals surface area contributed by atoms with Gasteiger partial charge in [0.25, 0.3) is 0 Å². The van der Waals surface area contributed by atoms with Crippen LogP contribution in [0.4, 0.5) is 0 Å². The first-order valence-corrected chi connectivity index (χ1v) is 5.33. The summed E-state index contributed by atoms with van der Waals surface area (Å²) in [7, 11) is 0. The molecule has 12 heavy (non-hydrogen) atoms. The van der Waals surface area contributed by atoms with Gasteiger partial charge in [0.2, 0.25) is 0 Å². The molecule has 1 aromatic heterocycles. The second-order valence-electron chi connectivity index (χ2n) is 2.52. The minimum atomic E-state index is 0.0971. The fraction of sp³-hybridized carbons (Fsp3) is 0.500. The second kappa shape index (κ2) is 4.01. The number of aryl methyl sites for hydroxylation is 2. The van der Waals surface area contributed by atoms with Gasteiger partial charge in [-0.1, -0.05) is 15.9 Å². The predicted molar refractivity (Wildman–Crippen MR) is 53.5 cm³/mol. The monoisotopic (exact) mass is 244 g/mol. The van der Waals surface area contributed by atoms with Crippen LogP contribution in [0.2, 0.25) is 0 Å². The molecule has 0 N–H and O–H groups in total. The molecule has 1 rings (SSSR count). The molecule has 0 aromatic carbocycles. The lowest BCUT2D eigenvalue weighted by atomic mass is 10.3. The van der Waals surface area contributed by atoms with Gasteiger partial charge in [0.05, 0.1) is 23.0 Å². The molecule has 0 spiro atoms. The first-order valence-electron chi connectivity index (χ1n) is 3.60. The van der Waals surface area contributed by atoms with Crippen molar-refractivity contribution in [3.8, 4) is 6.07 Å². The molecule has 0 bridgehead atoms. The van der Waals surface area contributed by atoms with Crippen molar-refractivity contribution in [2.45, 2.75) is 25.1 Å². The van der Waals surface area contributed by atoms with E-state index in [0.29, 0.717) is 6.42 Å². The third kappa shape index (κ3) is 2.05. The molecule has 0 aliphatic heterocycles. The lowest BCUT2D eigenvalue weighted by Crippen LogP contribution is -1.86. The fourth-order valence-electron chi connectivity index (χ4n) is 0.799. The highest BCUT2D eigenvalue weighted by atomic mass is 79.9. The molecule has 2 nitrogen and oxygen atoms in total. The zero-order valence-electron chi connectivity index (χ0n) is 6.97. The van der Waals surface area contributed by atoms with Gasteiger partial charge in [0, 0.05) is 4.88 Å². The summed E-state index contributed by atoms with van der Waals surface area (Å²) in [6.07, 6.45) is 0.479. The van der Waals surface area contributed by atoms with Crippen molar-refractivity contribution in [1.82, 2.24) is 4.98 Å². The van der Waals surface area contributed by atoms with Gasteiger partial charge < -0.3 is 0 Å². The van der Waals surface area contributed by atoms with Gasteiger partial charge in [0.15, 0.2) is 0 Å². The molecule has 1 aromatic rings. The van der Waals surface area contributed by atoms with E-state index in [1.165, 1.54) is 4.88 Å². The summed E-state index contributed by atoms with van der Waals surface area (Å²) in [6.45, 7) is 4.03. The van der Waals surface area contributed by atoms with Crippen molar-refractivity contribution < 1.29 is 0 Å². The van der Waals surface area contributed by atoms with Crippen LogP contribution in [0.25, 0.3) is 0 Å². The maximum atomic E-state index is 8.47. The van der Waals surface area contributed by atoms with Gasteiger partial charge >= 0.3 is 0 Å². The summed E-state index contributed by atoms with van der Waals surface area (Å²) in [4.78, 5) is 5.68. The van der Waals surface area contributed by atoms with Crippen molar-refractivity contribution in [2.75, 3.05) is 0 Å². The first-order chi connectivity index (χ1) is 5.65. The van der Waals surface area contributed by atoms with Crippen LogP contribution < -0.4 is 0 Å². The van der Waals surface area contributed by atoms with Gasteiger partial charge in [-0.05, 0) is 13.8 Å². The number of hydrogen-bond acceptors (Lipinski definition) is 3. The molecule has 0 aliphatic rings. The summed E-state index contributed by atoms with van der Waals surface area (Å²) in [5, 5.41) is 9.48. The van der Waals surface area contributed by atoms with E-state index in [1.807, 2.05) is 13.8 Å². The highest BCUT2D eigenvalue weighted by Crippen LogP contribution is 2.30. The number of alkyl halides is 1. The van der Waals surface area contributed by atoms with Crippen LogP contribution >= 0.6 is 27.3 Å². The Morgan fingerprint density at radius 3 is 2.75 bits per heavy atom. The Hall–Kier alpha value is -0.400. The average molecular weight is 245 g/mol. The Morgan fingerprint density at radius 2 is 2.33 bits per heavy atom. The Kier molecular flexibility index (Phi) is 3.24. The summed E-state index contributed by atoms with van der Waals surface area (Å²) < 4.78 is 0. The third-order valence-electron chi connectivity index (χ3n) is 1.58. The Bertz CT molecular complexity index is 294. The molecular formula is C8H9BrN2S.